The van der Waals surface area contributed by atoms with Crippen molar-refractivity contribution < 1.29 is 22.0 Å². The van der Waals surface area contributed by atoms with E-state index in [1.165, 1.54) is 10.6 Å². The number of nitrogens with one attached hydrogen (secondary N) is 1. The molecule has 2 aromatic heterocycles. The van der Waals surface area contributed by atoms with Gasteiger partial charge in [-0.25, -0.2) is 12.7 Å². The van der Waals surface area contributed by atoms with Gasteiger partial charge in [-0.2, -0.15) is 0 Å². The molecule has 3 rings (SSSR count). The first kappa shape index (κ1) is 16.8. The summed E-state index contributed by atoms with van der Waals surface area (Å²) >= 11 is 0. The number of carbonyl (C=O) groups is 1. The number of amides is 1. The average molecular weight is 352 g/mol. The Balaban J connectivity index is 1.50. The normalized spacial score (nSPS) is 17.0. The van der Waals surface area contributed by atoms with Crippen LogP contribution in [0.5, 0.6) is 0 Å². The van der Waals surface area contributed by atoms with E-state index < -0.39 is 10.0 Å². The van der Waals surface area contributed by atoms with E-state index in [4.69, 9.17) is 8.83 Å². The van der Waals surface area contributed by atoms with Crippen LogP contribution in [0, 0.1) is 5.92 Å². The quantitative estimate of drug-likeness (QED) is 0.886. The molecule has 0 spiro atoms. The molecule has 1 aliphatic heterocycles. The highest BCUT2D eigenvalue weighted by Gasteiger charge is 2.28. The van der Waals surface area contributed by atoms with Crippen LogP contribution < -0.4 is 5.32 Å². The zero-order valence-electron chi connectivity index (χ0n) is 13.4. The molecule has 130 valence electrons. The third-order valence-corrected chi connectivity index (χ3v) is 5.50. The predicted molar refractivity (Wildman–Crippen MR) is 87.4 cm³/mol. The van der Waals surface area contributed by atoms with Crippen LogP contribution in [-0.4, -0.2) is 38.0 Å². The van der Waals surface area contributed by atoms with E-state index in [-0.39, 0.29) is 11.8 Å². The molecule has 3 heterocycles. The number of furan rings is 2. The van der Waals surface area contributed by atoms with Gasteiger partial charge in [-0.05, 0) is 31.0 Å². The second kappa shape index (κ2) is 6.82. The molecule has 0 saturated carbocycles. The summed E-state index contributed by atoms with van der Waals surface area (Å²) in [6, 6.07) is 5.45. The molecule has 1 aliphatic rings. The zero-order valence-corrected chi connectivity index (χ0v) is 14.2. The van der Waals surface area contributed by atoms with Gasteiger partial charge in [0.05, 0.1) is 24.6 Å². The molecule has 1 fully saturated rings. The van der Waals surface area contributed by atoms with Gasteiger partial charge < -0.3 is 14.2 Å². The molecule has 0 bridgehead atoms. The van der Waals surface area contributed by atoms with Crippen LogP contribution in [0.1, 0.15) is 18.6 Å². The van der Waals surface area contributed by atoms with Gasteiger partial charge in [-0.1, -0.05) is 0 Å². The van der Waals surface area contributed by atoms with Crippen LogP contribution in [0.25, 0.3) is 11.3 Å². The summed E-state index contributed by atoms with van der Waals surface area (Å²) in [5, 5.41) is 2.86. The summed E-state index contributed by atoms with van der Waals surface area (Å²) in [5.74, 6) is 1.12. The summed E-state index contributed by atoms with van der Waals surface area (Å²) in [5.41, 5.74) is 0.848. The lowest BCUT2D eigenvalue weighted by molar-refractivity contribution is -0.126. The molecule has 2 aromatic rings. The summed E-state index contributed by atoms with van der Waals surface area (Å²) < 4.78 is 35.1. The van der Waals surface area contributed by atoms with Crippen molar-refractivity contribution >= 4 is 15.9 Å². The Kier molecular flexibility index (Phi) is 4.77. The fourth-order valence-corrected chi connectivity index (χ4v) is 3.68. The van der Waals surface area contributed by atoms with Crippen molar-refractivity contribution in [3.63, 3.8) is 0 Å². The summed E-state index contributed by atoms with van der Waals surface area (Å²) in [7, 11) is -3.17. The molecule has 0 aromatic carbocycles. The maximum atomic E-state index is 12.2. The molecule has 0 atom stereocenters. The fourth-order valence-electron chi connectivity index (χ4n) is 2.80. The molecule has 1 N–H and O–H groups in total. The lowest BCUT2D eigenvalue weighted by Crippen LogP contribution is -2.42. The Bertz CT molecular complexity index is 786. The number of hydrogen-bond acceptors (Lipinski definition) is 5. The first-order valence-electron chi connectivity index (χ1n) is 7.77. The number of sulfonamides is 1. The van der Waals surface area contributed by atoms with Gasteiger partial charge in [0, 0.05) is 19.0 Å². The van der Waals surface area contributed by atoms with E-state index in [0.717, 1.165) is 5.56 Å². The molecular formula is C16H20N2O5S. The SMILES string of the molecule is CS(=O)(=O)N1CCC(C(=O)NCc2ccc(-c3ccoc3)o2)CC1. The topological polar surface area (TPSA) is 92.8 Å². The maximum Gasteiger partial charge on any atom is 0.223 e. The Labute approximate surface area is 140 Å². The predicted octanol–water partition coefficient (Wildman–Crippen LogP) is 1.83. The molecule has 0 aliphatic carbocycles. The van der Waals surface area contributed by atoms with Crippen LogP contribution in [0.2, 0.25) is 0 Å². The Hall–Kier alpha value is -2.06. The van der Waals surface area contributed by atoms with Crippen LogP contribution in [0.3, 0.4) is 0 Å². The van der Waals surface area contributed by atoms with E-state index in [1.807, 2.05) is 12.1 Å². The smallest absolute Gasteiger partial charge is 0.223 e. The van der Waals surface area contributed by atoms with Gasteiger partial charge in [0.2, 0.25) is 15.9 Å². The monoisotopic (exact) mass is 352 g/mol. The zero-order chi connectivity index (χ0) is 17.2. The summed E-state index contributed by atoms with van der Waals surface area (Å²) in [6.45, 7) is 1.09. The first-order chi connectivity index (χ1) is 11.4. The number of nitrogens with zero attached hydrogens (tertiary/aromatic N) is 1. The fraction of sp³-hybridized carbons (Fsp3) is 0.438. The third-order valence-electron chi connectivity index (χ3n) is 4.20. The molecule has 1 saturated heterocycles. The van der Waals surface area contributed by atoms with Gasteiger partial charge in [0.25, 0.3) is 0 Å². The third kappa shape index (κ3) is 3.88. The van der Waals surface area contributed by atoms with Gasteiger partial charge in [0.1, 0.15) is 17.8 Å². The van der Waals surface area contributed by atoms with E-state index in [2.05, 4.69) is 5.32 Å². The highest BCUT2D eigenvalue weighted by Crippen LogP contribution is 2.23. The van der Waals surface area contributed by atoms with Crippen molar-refractivity contribution in [1.82, 2.24) is 9.62 Å². The van der Waals surface area contributed by atoms with Crippen molar-refractivity contribution in [3.8, 4) is 11.3 Å². The van der Waals surface area contributed by atoms with Crippen LogP contribution in [0.4, 0.5) is 0 Å². The molecule has 8 heteroatoms. The van der Waals surface area contributed by atoms with Crippen molar-refractivity contribution in [2.24, 2.45) is 5.92 Å². The number of carbonyl (C=O) groups excluding carboxylic acids is 1. The van der Waals surface area contributed by atoms with E-state index in [0.29, 0.717) is 44.0 Å². The minimum absolute atomic E-state index is 0.0654. The van der Waals surface area contributed by atoms with E-state index in [9.17, 15) is 13.2 Å². The second-order valence-corrected chi connectivity index (χ2v) is 7.91. The minimum Gasteiger partial charge on any atom is -0.472 e. The molecule has 24 heavy (non-hydrogen) atoms. The first-order valence-corrected chi connectivity index (χ1v) is 9.62. The highest BCUT2D eigenvalue weighted by molar-refractivity contribution is 7.88. The van der Waals surface area contributed by atoms with Crippen LogP contribution in [-0.2, 0) is 21.4 Å². The van der Waals surface area contributed by atoms with Gasteiger partial charge in [-0.3, -0.25) is 4.79 Å². The second-order valence-electron chi connectivity index (χ2n) is 5.93. The Morgan fingerprint density at radius 1 is 1.29 bits per heavy atom. The average Bonchev–Trinajstić information content (AvgIpc) is 3.23. The molecular weight excluding hydrogens is 332 g/mol. The molecule has 0 radical (unpaired) electrons. The maximum absolute atomic E-state index is 12.2. The number of hydrogen-bond donors (Lipinski definition) is 1. The largest absolute Gasteiger partial charge is 0.472 e. The van der Waals surface area contributed by atoms with Crippen molar-refractivity contribution in [1.29, 1.82) is 0 Å². The highest BCUT2D eigenvalue weighted by atomic mass is 32.2. The lowest BCUT2D eigenvalue weighted by atomic mass is 9.97. The summed E-state index contributed by atoms with van der Waals surface area (Å²) in [6.07, 6.45) is 5.44. The van der Waals surface area contributed by atoms with Crippen molar-refractivity contribution in [2.45, 2.75) is 19.4 Å². The molecule has 1 amide bonds. The lowest BCUT2D eigenvalue weighted by Gasteiger charge is -2.29. The van der Waals surface area contributed by atoms with Crippen molar-refractivity contribution in [2.75, 3.05) is 19.3 Å². The summed E-state index contributed by atoms with van der Waals surface area (Å²) in [4.78, 5) is 12.2. The van der Waals surface area contributed by atoms with Crippen LogP contribution >= 0.6 is 0 Å². The van der Waals surface area contributed by atoms with Gasteiger partial charge in [0.15, 0.2) is 0 Å². The van der Waals surface area contributed by atoms with E-state index in [1.54, 1.807) is 18.6 Å². The van der Waals surface area contributed by atoms with E-state index >= 15 is 0 Å². The molecule has 7 nitrogen and oxygen atoms in total. The Morgan fingerprint density at radius 2 is 2.04 bits per heavy atom. The Morgan fingerprint density at radius 3 is 2.67 bits per heavy atom. The van der Waals surface area contributed by atoms with Gasteiger partial charge >= 0.3 is 0 Å². The molecule has 0 unspecified atom stereocenters. The minimum atomic E-state index is -3.17. The van der Waals surface area contributed by atoms with Gasteiger partial charge in [-0.15, -0.1) is 0 Å². The van der Waals surface area contributed by atoms with Crippen molar-refractivity contribution in [3.05, 3.63) is 36.5 Å². The standard InChI is InChI=1S/C16H20N2O5S/c1-24(20,21)18-7-4-12(5-8-18)16(19)17-10-14-2-3-15(23-14)13-6-9-22-11-13/h2-3,6,9,11-12H,4-5,7-8,10H2,1H3,(H,17,19). The van der Waals surface area contributed by atoms with Crippen LogP contribution in [0.15, 0.2) is 39.6 Å². The number of rotatable bonds is 5. The number of piperidine rings is 1.